The quantitative estimate of drug-likeness (QED) is 0.207. The maximum Gasteiger partial charge on any atom is 0.472 e. The van der Waals surface area contributed by atoms with Crippen molar-refractivity contribution < 1.29 is 50.9 Å². The molecule has 5 N–H and O–H groups in total. The lowest BCUT2D eigenvalue weighted by Crippen LogP contribution is -2.46. The van der Waals surface area contributed by atoms with Crippen LogP contribution >= 0.6 is 15.6 Å². The summed E-state index contributed by atoms with van der Waals surface area (Å²) in [5.41, 5.74) is 2.97. The maximum absolute atomic E-state index is 16.4. The smallest absolute Gasteiger partial charge is 0.382 e. The standard InChI is InChI=1S/C24H26FN9O11P2/c1-9-31-20-13(21(35)32-9)30-8-34(20)22-15-17-24(43-22,4-40-15)5-42-47(38,39)44-16-11(25)14(10-2-23(10,16)3-41-46(36,37)45-17)33-7-29-12-18(26)27-6-28-19(12)33/h6-8,10-11,14-17,22H,2-5H2,1H3,(H,36,37)(H,38,39)(H2,26,27,28)(H,31,32,35)/t10-,11+,14-,15-,16+,17+,22-,23+,24-/m1/s1. The molecule has 4 aromatic heterocycles. The van der Waals surface area contributed by atoms with Gasteiger partial charge in [0.1, 0.15) is 47.8 Å². The van der Waals surface area contributed by atoms with Crippen LogP contribution in [0.25, 0.3) is 22.3 Å². The molecule has 47 heavy (non-hydrogen) atoms. The molecule has 250 valence electrons. The molecule has 2 bridgehead atoms. The third-order valence-corrected chi connectivity index (χ3v) is 11.6. The van der Waals surface area contributed by atoms with Gasteiger partial charge >= 0.3 is 15.6 Å². The average Bonchev–Trinajstić information content (AvgIpc) is 3.43. The molecule has 2 unspecified atom stereocenters. The Hall–Kier alpha value is -3.23. The van der Waals surface area contributed by atoms with E-state index >= 15 is 4.39 Å². The van der Waals surface area contributed by atoms with Gasteiger partial charge in [-0.3, -0.25) is 27.5 Å². The summed E-state index contributed by atoms with van der Waals surface area (Å²) in [6, 6.07) is -1.01. The molecule has 3 saturated heterocycles. The lowest BCUT2D eigenvalue weighted by atomic mass is 10.0. The third-order valence-electron chi connectivity index (χ3n) is 9.74. The van der Waals surface area contributed by atoms with Crippen molar-refractivity contribution in [1.29, 1.82) is 0 Å². The second-order valence-electron chi connectivity index (χ2n) is 12.4. The normalized spacial score (nSPS) is 42.9. The maximum atomic E-state index is 16.4. The number of nitrogens with two attached hydrogens (primary N) is 1. The van der Waals surface area contributed by atoms with Crippen LogP contribution in [0.3, 0.4) is 0 Å². The van der Waals surface area contributed by atoms with Gasteiger partial charge in [-0.05, 0) is 19.3 Å². The van der Waals surface area contributed by atoms with E-state index < -0.39 is 88.1 Å². The number of hydrogen-bond donors (Lipinski definition) is 4. The summed E-state index contributed by atoms with van der Waals surface area (Å²) in [5, 5.41) is 0. The van der Waals surface area contributed by atoms with E-state index in [1.165, 1.54) is 28.1 Å². The van der Waals surface area contributed by atoms with Crippen LogP contribution in [0.1, 0.15) is 24.5 Å². The summed E-state index contributed by atoms with van der Waals surface area (Å²) in [7, 11) is -9.97. The van der Waals surface area contributed by atoms with Crippen molar-refractivity contribution in [3.05, 3.63) is 35.2 Å². The van der Waals surface area contributed by atoms with Crippen LogP contribution in [0.4, 0.5) is 10.2 Å². The monoisotopic (exact) mass is 697 g/mol. The van der Waals surface area contributed by atoms with Crippen molar-refractivity contribution in [3.8, 4) is 0 Å². The number of aromatic nitrogens is 8. The highest BCUT2D eigenvalue weighted by Crippen LogP contribution is 2.73. The predicted molar refractivity (Wildman–Crippen MR) is 151 cm³/mol. The highest BCUT2D eigenvalue weighted by molar-refractivity contribution is 7.47. The number of aryl methyl sites for hydroxylation is 1. The molecular formula is C24H26FN9O11P2. The molecule has 7 heterocycles. The van der Waals surface area contributed by atoms with Gasteiger partial charge in [-0.25, -0.2) is 38.4 Å². The molecule has 4 aromatic rings. The Labute approximate surface area is 261 Å². The number of phosphoric ester groups is 2. The van der Waals surface area contributed by atoms with E-state index in [0.29, 0.717) is 5.82 Å². The number of alkyl halides is 1. The molecule has 1 spiro atoms. The zero-order valence-electron chi connectivity index (χ0n) is 24.2. The van der Waals surface area contributed by atoms with E-state index in [9.17, 15) is 23.7 Å². The number of aromatic amines is 1. The minimum Gasteiger partial charge on any atom is -0.382 e. The second-order valence-corrected chi connectivity index (χ2v) is 15.2. The van der Waals surface area contributed by atoms with Gasteiger partial charge < -0.3 is 34.5 Å². The first-order valence-electron chi connectivity index (χ1n) is 14.4. The molecule has 0 aromatic carbocycles. The number of ether oxygens (including phenoxy) is 2. The van der Waals surface area contributed by atoms with Crippen molar-refractivity contribution in [2.24, 2.45) is 11.3 Å². The largest absolute Gasteiger partial charge is 0.472 e. The van der Waals surface area contributed by atoms with E-state index in [0.717, 1.165) is 0 Å². The Morgan fingerprint density at radius 1 is 1.00 bits per heavy atom. The fourth-order valence-electron chi connectivity index (χ4n) is 7.54. The van der Waals surface area contributed by atoms with Crippen LogP contribution < -0.4 is 11.3 Å². The summed E-state index contributed by atoms with van der Waals surface area (Å²) in [6.07, 6.45) is -3.11. The number of hydrogen-bond acceptors (Lipinski definition) is 15. The number of nitrogens with zero attached hydrogens (tertiary/aromatic N) is 7. The number of H-pyrrole nitrogens is 1. The van der Waals surface area contributed by atoms with Gasteiger partial charge in [-0.2, -0.15) is 0 Å². The fraction of sp³-hybridized carbons (Fsp3) is 0.583. The summed E-state index contributed by atoms with van der Waals surface area (Å²) < 4.78 is 80.4. The van der Waals surface area contributed by atoms with Crippen LogP contribution in [0.15, 0.2) is 23.8 Å². The Morgan fingerprint density at radius 2 is 1.72 bits per heavy atom. The molecule has 2 saturated carbocycles. The molecule has 11 atom stereocenters. The lowest BCUT2D eigenvalue weighted by Gasteiger charge is -2.34. The van der Waals surface area contributed by atoms with E-state index in [1.54, 1.807) is 6.92 Å². The number of anilines is 1. The molecule has 5 aliphatic rings. The first kappa shape index (κ1) is 29.9. The van der Waals surface area contributed by atoms with Crippen molar-refractivity contribution in [3.63, 3.8) is 0 Å². The second kappa shape index (κ2) is 9.69. The molecular weight excluding hydrogens is 671 g/mol. The number of phosphoric acid groups is 2. The Kier molecular flexibility index (Phi) is 6.16. The molecule has 0 amide bonds. The number of rotatable bonds is 2. The van der Waals surface area contributed by atoms with Crippen LogP contribution in [0, 0.1) is 18.3 Å². The first-order valence-corrected chi connectivity index (χ1v) is 17.4. The van der Waals surface area contributed by atoms with Crippen LogP contribution in [0.5, 0.6) is 0 Å². The third kappa shape index (κ3) is 4.29. The van der Waals surface area contributed by atoms with Gasteiger partial charge in [0.25, 0.3) is 5.56 Å². The molecule has 5 fully saturated rings. The van der Waals surface area contributed by atoms with E-state index in [4.69, 9.17) is 33.3 Å². The van der Waals surface area contributed by atoms with Gasteiger partial charge in [0.15, 0.2) is 28.9 Å². The Balaban J connectivity index is 1.05. The summed E-state index contributed by atoms with van der Waals surface area (Å²) in [4.78, 5) is 57.6. The topological polar surface area (TPSA) is 263 Å². The number of halogens is 1. The molecule has 9 rings (SSSR count). The zero-order valence-corrected chi connectivity index (χ0v) is 25.9. The summed E-state index contributed by atoms with van der Waals surface area (Å²) in [6.45, 7) is -0.0164. The van der Waals surface area contributed by atoms with Crippen molar-refractivity contribution in [2.75, 3.05) is 25.6 Å². The fourth-order valence-corrected chi connectivity index (χ4v) is 9.66. The Bertz CT molecular complexity index is 2130. The molecule has 0 radical (unpaired) electrons. The number of nitrogens with one attached hydrogen (secondary N) is 1. The van der Waals surface area contributed by atoms with Gasteiger partial charge in [0.05, 0.1) is 38.5 Å². The zero-order chi connectivity index (χ0) is 32.7. The lowest BCUT2D eigenvalue weighted by molar-refractivity contribution is -0.184. The minimum atomic E-state index is -5.04. The van der Waals surface area contributed by atoms with Crippen molar-refractivity contribution in [2.45, 2.75) is 55.7 Å². The molecule has 20 nitrogen and oxygen atoms in total. The molecule has 2 aliphatic carbocycles. The van der Waals surface area contributed by atoms with Gasteiger partial charge in [0.2, 0.25) is 0 Å². The number of imidazole rings is 2. The van der Waals surface area contributed by atoms with E-state index in [1.807, 2.05) is 0 Å². The Morgan fingerprint density at radius 3 is 2.53 bits per heavy atom. The highest BCUT2D eigenvalue weighted by Gasteiger charge is 2.75. The van der Waals surface area contributed by atoms with Crippen LogP contribution in [-0.2, 0) is 36.7 Å². The van der Waals surface area contributed by atoms with E-state index in [-0.39, 0.29) is 41.2 Å². The van der Waals surface area contributed by atoms with E-state index in [2.05, 4.69) is 29.9 Å². The summed E-state index contributed by atoms with van der Waals surface area (Å²) in [5.74, 6) is -0.212. The SMILES string of the molecule is Cc1nc2c(ncn2[C@@H]2O[C@@]34CO[C@@H]2[C@@H]3OP(=O)(O)OC[C@@]23C[C@@H]2[C@@H](n2cnc5c(N)ncnc52)[C@H](F)[C@@H]3OP(=O)(O)OC4)c(=O)[nH]1. The number of fused-ring (bicyclic) bond motifs is 2. The van der Waals surface area contributed by atoms with Gasteiger partial charge in [0, 0.05) is 5.41 Å². The average molecular weight is 697 g/mol. The minimum absolute atomic E-state index is 0.00327. The van der Waals surface area contributed by atoms with Crippen LogP contribution in [0.2, 0.25) is 0 Å². The number of nitrogen functional groups attached to an aromatic ring is 1. The van der Waals surface area contributed by atoms with Gasteiger partial charge in [-0.15, -0.1) is 0 Å². The van der Waals surface area contributed by atoms with Gasteiger partial charge in [-0.1, -0.05) is 0 Å². The molecule has 3 aliphatic heterocycles. The van der Waals surface area contributed by atoms with Crippen molar-refractivity contribution in [1.82, 2.24) is 39.0 Å². The molecule has 23 heteroatoms. The highest BCUT2D eigenvalue weighted by atomic mass is 31.2. The van der Waals surface area contributed by atoms with Crippen molar-refractivity contribution >= 4 is 43.8 Å². The summed E-state index contributed by atoms with van der Waals surface area (Å²) >= 11 is 0. The first-order chi connectivity index (χ1) is 22.3. The van der Waals surface area contributed by atoms with Crippen LogP contribution in [-0.4, -0.2) is 98.7 Å². The predicted octanol–water partition coefficient (Wildman–Crippen LogP) is 0.434.